The molecule has 1 aromatic carbocycles. The maximum absolute atomic E-state index is 5.50. The Morgan fingerprint density at radius 1 is 1.25 bits per heavy atom. The van der Waals surface area contributed by atoms with Gasteiger partial charge in [0.05, 0.1) is 40.0 Å². The van der Waals surface area contributed by atoms with Crippen molar-refractivity contribution in [1.82, 2.24) is 15.5 Å². The highest BCUT2D eigenvalue weighted by Crippen LogP contribution is 2.32. The van der Waals surface area contributed by atoms with Crippen molar-refractivity contribution in [3.63, 3.8) is 0 Å². The Labute approximate surface area is 143 Å². The van der Waals surface area contributed by atoms with Crippen LogP contribution in [0.3, 0.4) is 0 Å². The second-order valence-corrected chi connectivity index (χ2v) is 5.82. The van der Waals surface area contributed by atoms with Crippen molar-refractivity contribution >= 4 is 5.96 Å². The van der Waals surface area contributed by atoms with Crippen LogP contribution in [0.15, 0.2) is 23.2 Å². The first kappa shape index (κ1) is 16.9. The number of benzene rings is 1. The molecule has 7 nitrogen and oxygen atoms in total. The van der Waals surface area contributed by atoms with Crippen molar-refractivity contribution in [3.8, 4) is 11.5 Å². The van der Waals surface area contributed by atoms with Gasteiger partial charge in [0.1, 0.15) is 0 Å². The summed E-state index contributed by atoms with van der Waals surface area (Å²) in [5, 5.41) is 6.69. The lowest BCUT2D eigenvalue weighted by Gasteiger charge is -2.35. The Morgan fingerprint density at radius 3 is 2.71 bits per heavy atom. The predicted octanol–water partition coefficient (Wildman–Crippen LogP) is 0.626. The van der Waals surface area contributed by atoms with Gasteiger partial charge in [-0.05, 0) is 17.7 Å². The minimum atomic E-state index is 0.221. The summed E-state index contributed by atoms with van der Waals surface area (Å²) in [6, 6.07) is 6.35. The van der Waals surface area contributed by atoms with E-state index in [1.165, 1.54) is 5.56 Å². The van der Waals surface area contributed by atoms with Crippen LogP contribution in [0.2, 0.25) is 0 Å². The third-order valence-corrected chi connectivity index (χ3v) is 4.42. The monoisotopic (exact) mass is 334 g/mol. The normalized spacial score (nSPS) is 19.3. The van der Waals surface area contributed by atoms with Crippen molar-refractivity contribution in [2.45, 2.75) is 6.04 Å². The molecule has 0 aromatic heterocycles. The molecule has 1 saturated heterocycles. The van der Waals surface area contributed by atoms with Crippen molar-refractivity contribution < 1.29 is 14.2 Å². The lowest BCUT2D eigenvalue weighted by Crippen LogP contribution is -2.45. The van der Waals surface area contributed by atoms with E-state index in [4.69, 9.17) is 14.2 Å². The van der Waals surface area contributed by atoms with Gasteiger partial charge in [-0.15, -0.1) is 0 Å². The van der Waals surface area contributed by atoms with E-state index in [0.29, 0.717) is 0 Å². The molecule has 0 bridgehead atoms. The average molecular weight is 334 g/mol. The van der Waals surface area contributed by atoms with Crippen LogP contribution < -0.4 is 20.1 Å². The van der Waals surface area contributed by atoms with Crippen LogP contribution in [0.5, 0.6) is 11.5 Å². The highest BCUT2D eigenvalue weighted by Gasteiger charge is 2.24. The van der Waals surface area contributed by atoms with Crippen LogP contribution in [0.25, 0.3) is 0 Å². The highest BCUT2D eigenvalue weighted by atomic mass is 16.5. The molecule has 2 heterocycles. The number of nitrogens with one attached hydrogen (secondary N) is 2. The van der Waals surface area contributed by atoms with Gasteiger partial charge in [0.2, 0.25) is 0 Å². The van der Waals surface area contributed by atoms with Crippen LogP contribution >= 0.6 is 0 Å². The predicted molar refractivity (Wildman–Crippen MR) is 93.0 cm³/mol. The van der Waals surface area contributed by atoms with Gasteiger partial charge < -0.3 is 24.8 Å². The van der Waals surface area contributed by atoms with Crippen LogP contribution in [0.4, 0.5) is 0 Å². The highest BCUT2D eigenvalue weighted by molar-refractivity contribution is 5.81. The lowest BCUT2D eigenvalue weighted by molar-refractivity contribution is 0.0169. The molecule has 1 atom stereocenters. The summed E-state index contributed by atoms with van der Waals surface area (Å²) >= 11 is 0. The largest absolute Gasteiger partial charge is 0.493 e. The number of rotatable bonds is 6. The summed E-state index contributed by atoms with van der Waals surface area (Å²) in [5.41, 5.74) is 1.20. The van der Waals surface area contributed by atoms with Crippen molar-refractivity contribution in [3.05, 3.63) is 23.8 Å². The first-order valence-corrected chi connectivity index (χ1v) is 8.37. The summed E-state index contributed by atoms with van der Waals surface area (Å²) in [6.45, 7) is 5.89. The van der Waals surface area contributed by atoms with Crippen LogP contribution in [0, 0.1) is 0 Å². The Hall–Kier alpha value is -1.99. The molecule has 132 valence electrons. The van der Waals surface area contributed by atoms with Gasteiger partial charge in [-0.3, -0.25) is 9.89 Å². The maximum atomic E-state index is 5.50. The van der Waals surface area contributed by atoms with Gasteiger partial charge in [-0.2, -0.15) is 0 Å². The molecule has 2 aliphatic heterocycles. The first-order chi connectivity index (χ1) is 11.8. The number of hydrogen-bond donors (Lipinski definition) is 2. The third kappa shape index (κ3) is 3.91. The second kappa shape index (κ2) is 8.21. The quantitative estimate of drug-likeness (QED) is 0.795. The topological polar surface area (TPSA) is 67.4 Å². The lowest BCUT2D eigenvalue weighted by atomic mass is 10.0. The average Bonchev–Trinajstić information content (AvgIpc) is 3.16. The second-order valence-electron chi connectivity index (χ2n) is 5.82. The summed E-state index contributed by atoms with van der Waals surface area (Å²) < 4.78 is 16.3. The molecular weight excluding hydrogens is 308 g/mol. The van der Waals surface area contributed by atoms with Gasteiger partial charge in [0, 0.05) is 26.2 Å². The van der Waals surface area contributed by atoms with E-state index >= 15 is 0 Å². The number of aliphatic imine (C=N–C) groups is 1. The molecule has 0 aliphatic carbocycles. The minimum Gasteiger partial charge on any atom is -0.493 e. The summed E-state index contributed by atoms with van der Waals surface area (Å²) in [4.78, 5) is 6.85. The van der Waals surface area contributed by atoms with Gasteiger partial charge in [-0.1, -0.05) is 6.07 Å². The molecule has 7 heteroatoms. The van der Waals surface area contributed by atoms with E-state index < -0.39 is 0 Å². The zero-order valence-electron chi connectivity index (χ0n) is 14.4. The number of methoxy groups -OCH3 is 2. The van der Waals surface area contributed by atoms with Gasteiger partial charge >= 0.3 is 0 Å². The van der Waals surface area contributed by atoms with Crippen molar-refractivity contribution in [2.24, 2.45) is 4.99 Å². The van der Waals surface area contributed by atoms with Crippen molar-refractivity contribution in [1.29, 1.82) is 0 Å². The summed E-state index contributed by atoms with van der Waals surface area (Å²) in [5.74, 6) is 2.38. The smallest absolute Gasteiger partial charge is 0.191 e. The molecule has 0 amide bonds. The van der Waals surface area contributed by atoms with Gasteiger partial charge in [-0.25, -0.2) is 0 Å². The fraction of sp³-hybridized carbons (Fsp3) is 0.588. The fourth-order valence-corrected chi connectivity index (χ4v) is 3.12. The van der Waals surface area contributed by atoms with Crippen LogP contribution in [0.1, 0.15) is 11.6 Å². The fourth-order valence-electron chi connectivity index (χ4n) is 3.12. The van der Waals surface area contributed by atoms with E-state index in [2.05, 4.69) is 32.7 Å². The van der Waals surface area contributed by atoms with E-state index in [1.54, 1.807) is 14.2 Å². The Morgan fingerprint density at radius 2 is 2.04 bits per heavy atom. The van der Waals surface area contributed by atoms with E-state index in [0.717, 1.165) is 63.4 Å². The molecule has 2 N–H and O–H groups in total. The number of guanidine groups is 1. The molecule has 0 radical (unpaired) electrons. The molecular formula is C17H26N4O3. The summed E-state index contributed by atoms with van der Waals surface area (Å²) in [7, 11) is 3.32. The van der Waals surface area contributed by atoms with Gasteiger partial charge in [0.25, 0.3) is 0 Å². The van der Waals surface area contributed by atoms with E-state index in [1.807, 2.05) is 6.07 Å². The van der Waals surface area contributed by atoms with Crippen LogP contribution in [-0.2, 0) is 4.74 Å². The van der Waals surface area contributed by atoms with E-state index in [-0.39, 0.29) is 6.04 Å². The molecule has 0 saturated carbocycles. The third-order valence-electron chi connectivity index (χ3n) is 4.42. The number of morpholine rings is 1. The Bertz CT molecular complexity index is 573. The molecule has 0 spiro atoms. The zero-order valence-corrected chi connectivity index (χ0v) is 14.4. The number of hydrogen-bond acceptors (Lipinski definition) is 7. The Balaban J connectivity index is 1.79. The minimum absolute atomic E-state index is 0.221. The Kier molecular flexibility index (Phi) is 5.77. The van der Waals surface area contributed by atoms with Gasteiger partial charge in [0.15, 0.2) is 17.5 Å². The molecule has 2 aliphatic rings. The summed E-state index contributed by atoms with van der Waals surface area (Å²) in [6.07, 6.45) is 0. The number of nitrogens with zero attached hydrogens (tertiary/aromatic N) is 2. The zero-order chi connectivity index (χ0) is 16.8. The molecule has 1 aromatic rings. The molecule has 1 unspecified atom stereocenters. The first-order valence-electron chi connectivity index (χ1n) is 8.37. The molecule has 24 heavy (non-hydrogen) atoms. The van der Waals surface area contributed by atoms with Crippen molar-refractivity contribution in [2.75, 3.05) is 60.2 Å². The standard InChI is InChI=1S/C17H26N4O3/c1-22-15-4-3-13(11-16(15)23-2)14(21-7-9-24-10-8-21)12-20-17-18-5-6-19-17/h3-4,11,14H,5-10,12H2,1-2H3,(H2,18,19,20). The maximum Gasteiger partial charge on any atom is 0.191 e. The van der Waals surface area contributed by atoms with Crippen LogP contribution in [-0.4, -0.2) is 71.0 Å². The molecule has 3 rings (SSSR count). The van der Waals surface area contributed by atoms with E-state index in [9.17, 15) is 0 Å². The molecule has 1 fully saturated rings. The SMILES string of the molecule is COc1ccc(C(CNC2=NCCN2)N2CCOCC2)cc1OC. The number of ether oxygens (including phenoxy) is 3.